The van der Waals surface area contributed by atoms with E-state index in [0.717, 1.165) is 77.0 Å². The maximum absolute atomic E-state index is 11.8. The first-order valence-corrected chi connectivity index (χ1v) is 22.3. The Balaban J connectivity index is 0.000000292. The summed E-state index contributed by atoms with van der Waals surface area (Å²) in [5.41, 5.74) is -0.303. The first-order valence-electron chi connectivity index (χ1n) is 22.3. The van der Waals surface area contributed by atoms with Gasteiger partial charge >= 0.3 is 23.9 Å². The molecule has 5 fully saturated rings. The molecule has 3 saturated carbocycles. The maximum Gasteiger partial charge on any atom is 0.335 e. The molecule has 2 aliphatic heterocycles. The average molecular weight is 865 g/mol. The van der Waals surface area contributed by atoms with Crippen LogP contribution in [-0.4, -0.2) is 104 Å². The SMILES string of the molecule is C=CCC1(CCOC(C)=O)CCCC1=O.C=CC[C@@]12CCC[C@]1(O[C@@H](C)C(=O)OCC)OCC2.C=CC[C@]12CCC[C@@]1(O[C@@H](C)C(=O)OCC)OCC2.CCOC(=O)[C@H](C)O. The molecule has 348 valence electrons. The van der Waals surface area contributed by atoms with Crippen LogP contribution in [0.15, 0.2) is 38.0 Å². The van der Waals surface area contributed by atoms with Gasteiger partial charge in [-0.25, -0.2) is 14.4 Å². The molecule has 0 radical (unpaired) electrons. The van der Waals surface area contributed by atoms with Gasteiger partial charge < -0.3 is 43.0 Å². The normalized spacial score (nSPS) is 29.6. The Labute approximate surface area is 364 Å². The van der Waals surface area contributed by atoms with Gasteiger partial charge in [0.25, 0.3) is 0 Å². The number of aliphatic hydroxyl groups excluding tert-OH is 1. The number of allylic oxidation sites excluding steroid dienone is 3. The van der Waals surface area contributed by atoms with Gasteiger partial charge in [-0.1, -0.05) is 18.2 Å². The molecular formula is C47H76O14. The smallest absolute Gasteiger partial charge is 0.335 e. The molecule has 1 N–H and O–H groups in total. The predicted octanol–water partition coefficient (Wildman–Crippen LogP) is 7.82. The van der Waals surface area contributed by atoms with Crippen LogP contribution in [0.2, 0.25) is 0 Å². The van der Waals surface area contributed by atoms with Crippen LogP contribution in [0.5, 0.6) is 0 Å². The van der Waals surface area contributed by atoms with E-state index in [9.17, 15) is 24.0 Å². The Morgan fingerprint density at radius 3 is 1.44 bits per heavy atom. The van der Waals surface area contributed by atoms with Gasteiger partial charge in [0.05, 0.1) is 39.6 Å². The fourth-order valence-electron chi connectivity index (χ4n) is 9.53. The van der Waals surface area contributed by atoms with Crippen LogP contribution in [0.4, 0.5) is 0 Å². The van der Waals surface area contributed by atoms with Crippen LogP contribution < -0.4 is 0 Å². The first-order chi connectivity index (χ1) is 29.0. The second-order valence-electron chi connectivity index (χ2n) is 16.5. The molecule has 2 heterocycles. The van der Waals surface area contributed by atoms with Crippen LogP contribution in [0.3, 0.4) is 0 Å². The number of hydrogen-bond acceptors (Lipinski definition) is 14. The van der Waals surface area contributed by atoms with Crippen molar-refractivity contribution in [1.82, 2.24) is 0 Å². The second-order valence-corrected chi connectivity index (χ2v) is 16.5. The highest BCUT2D eigenvalue weighted by atomic mass is 16.7. The van der Waals surface area contributed by atoms with Crippen molar-refractivity contribution in [3.8, 4) is 0 Å². The summed E-state index contributed by atoms with van der Waals surface area (Å²) in [5.74, 6) is -2.41. The second kappa shape index (κ2) is 25.6. The molecule has 0 aromatic carbocycles. The number of carbonyl (C=O) groups is 5. The molecule has 5 rings (SSSR count). The van der Waals surface area contributed by atoms with E-state index in [4.69, 9.17) is 38.3 Å². The molecule has 14 heteroatoms. The van der Waals surface area contributed by atoms with Gasteiger partial charge in [0.1, 0.15) is 11.9 Å². The molecule has 3 aliphatic carbocycles. The molecule has 2 saturated heterocycles. The Bertz CT molecular complexity index is 1370. The van der Waals surface area contributed by atoms with E-state index in [1.165, 1.54) is 13.8 Å². The Morgan fingerprint density at radius 2 is 1.10 bits per heavy atom. The van der Waals surface area contributed by atoms with E-state index in [2.05, 4.69) is 24.5 Å². The molecule has 5 aliphatic rings. The molecule has 0 bridgehead atoms. The van der Waals surface area contributed by atoms with Gasteiger partial charge in [0.2, 0.25) is 0 Å². The molecule has 0 amide bonds. The summed E-state index contributed by atoms with van der Waals surface area (Å²) in [4.78, 5) is 56.2. The topological polar surface area (TPSA) is 179 Å². The van der Waals surface area contributed by atoms with Crippen LogP contribution in [0.25, 0.3) is 0 Å². The Hall–Kier alpha value is -3.43. The Morgan fingerprint density at radius 1 is 0.656 bits per heavy atom. The van der Waals surface area contributed by atoms with Crippen molar-refractivity contribution < 1.29 is 67.0 Å². The van der Waals surface area contributed by atoms with Crippen molar-refractivity contribution in [2.24, 2.45) is 16.2 Å². The van der Waals surface area contributed by atoms with Crippen LogP contribution in [0.1, 0.15) is 145 Å². The summed E-state index contributed by atoms with van der Waals surface area (Å²) in [6.07, 6.45) is 17.1. The lowest BCUT2D eigenvalue weighted by Gasteiger charge is -2.39. The van der Waals surface area contributed by atoms with Crippen molar-refractivity contribution in [3.63, 3.8) is 0 Å². The summed E-state index contributed by atoms with van der Waals surface area (Å²) >= 11 is 0. The lowest BCUT2D eigenvalue weighted by molar-refractivity contribution is -0.266. The van der Waals surface area contributed by atoms with Crippen molar-refractivity contribution in [3.05, 3.63) is 38.0 Å². The molecule has 61 heavy (non-hydrogen) atoms. The molecule has 0 aromatic rings. The monoisotopic (exact) mass is 865 g/mol. The number of esters is 4. The van der Waals surface area contributed by atoms with Crippen LogP contribution in [0, 0.1) is 16.2 Å². The van der Waals surface area contributed by atoms with E-state index in [1.807, 2.05) is 12.2 Å². The van der Waals surface area contributed by atoms with Crippen LogP contribution >= 0.6 is 0 Å². The molecule has 14 nitrogen and oxygen atoms in total. The zero-order valence-corrected chi connectivity index (χ0v) is 38.2. The number of fused-ring (bicyclic) bond motifs is 2. The lowest BCUT2D eigenvalue weighted by atomic mass is 9.77. The van der Waals surface area contributed by atoms with Gasteiger partial charge in [0, 0.05) is 42.4 Å². The number of carbonyl (C=O) groups excluding carboxylic acids is 5. The summed E-state index contributed by atoms with van der Waals surface area (Å²) in [5, 5.41) is 8.48. The number of rotatable bonds is 19. The minimum absolute atomic E-state index is 0.00446. The number of Topliss-reactive ketones (excluding diaryl/α,β-unsaturated/α-hetero) is 1. The van der Waals surface area contributed by atoms with Crippen LogP contribution in [-0.2, 0) is 61.9 Å². The minimum Gasteiger partial charge on any atom is -0.466 e. The van der Waals surface area contributed by atoms with Gasteiger partial charge in [-0.05, 0) is 119 Å². The van der Waals surface area contributed by atoms with E-state index in [-0.39, 0.29) is 34.2 Å². The number of hydrogen-bond donors (Lipinski definition) is 1. The molecule has 1 unspecified atom stereocenters. The van der Waals surface area contributed by atoms with E-state index < -0.39 is 35.9 Å². The molecule has 0 spiro atoms. The summed E-state index contributed by atoms with van der Waals surface area (Å²) < 4.78 is 43.3. The van der Waals surface area contributed by atoms with Gasteiger partial charge in [-0.15, -0.1) is 19.7 Å². The zero-order valence-electron chi connectivity index (χ0n) is 38.2. The molecular weight excluding hydrogens is 789 g/mol. The van der Waals surface area contributed by atoms with Gasteiger partial charge in [-0.3, -0.25) is 9.59 Å². The fraction of sp³-hybridized carbons (Fsp3) is 0.766. The van der Waals surface area contributed by atoms with Crippen molar-refractivity contribution in [1.29, 1.82) is 0 Å². The standard InChI is InChI=1S/2C15H24O4.C12H18O3.C5H10O3/c2*1-4-7-14-8-6-9-15(14,18-11-10-14)19-12(3)13(16)17-5-2;1-3-6-12(7-4-5-11(12)14)8-9-15-10(2)13;1-3-8-5(7)4(2)6/h2*4,12H,1,5-11H2,2-3H3;3H,1,4-9H2,2H3;4,6H,3H2,1-2H3/t12-,14+,15-;12-,14-,15+;;4-/m00.0/s1. The zero-order chi connectivity index (χ0) is 45.7. The fourth-order valence-corrected chi connectivity index (χ4v) is 9.53. The third-order valence-electron chi connectivity index (χ3n) is 12.5. The summed E-state index contributed by atoms with van der Waals surface area (Å²) in [6, 6.07) is 0. The number of ketones is 1. The van der Waals surface area contributed by atoms with E-state index >= 15 is 0 Å². The third-order valence-corrected chi connectivity index (χ3v) is 12.5. The minimum atomic E-state index is -0.991. The third kappa shape index (κ3) is 14.0. The molecule has 0 aromatic heterocycles. The van der Waals surface area contributed by atoms with E-state index in [0.29, 0.717) is 64.7 Å². The highest BCUT2D eigenvalue weighted by Crippen LogP contribution is 2.59. The highest BCUT2D eigenvalue weighted by Gasteiger charge is 2.62. The average Bonchev–Trinajstić information content (AvgIpc) is 3.99. The first kappa shape index (κ1) is 53.7. The lowest BCUT2D eigenvalue weighted by Crippen LogP contribution is -2.46. The number of aliphatic hydroxyl groups is 1. The maximum atomic E-state index is 11.8. The number of ether oxygens (including phenoxy) is 8. The van der Waals surface area contributed by atoms with Crippen molar-refractivity contribution in [2.45, 2.75) is 175 Å². The van der Waals surface area contributed by atoms with Crippen molar-refractivity contribution in [2.75, 3.05) is 39.6 Å². The summed E-state index contributed by atoms with van der Waals surface area (Å²) in [7, 11) is 0. The van der Waals surface area contributed by atoms with E-state index in [1.54, 1.807) is 40.7 Å². The quantitative estimate of drug-likeness (QED) is 0.0754. The molecule has 8 atom stereocenters. The highest BCUT2D eigenvalue weighted by molar-refractivity contribution is 5.87. The predicted molar refractivity (Wildman–Crippen MR) is 229 cm³/mol. The largest absolute Gasteiger partial charge is 0.466 e. The van der Waals surface area contributed by atoms with Crippen molar-refractivity contribution >= 4 is 29.7 Å². The Kier molecular flexibility index (Phi) is 22.6. The van der Waals surface area contributed by atoms with Gasteiger partial charge in [-0.2, -0.15) is 0 Å². The summed E-state index contributed by atoms with van der Waals surface area (Å²) in [6.45, 7) is 25.7. The van der Waals surface area contributed by atoms with Gasteiger partial charge in [0.15, 0.2) is 23.8 Å².